The van der Waals surface area contributed by atoms with Crippen molar-refractivity contribution >= 4 is 73.5 Å². The van der Waals surface area contributed by atoms with Gasteiger partial charge in [-0.3, -0.25) is 14.2 Å². The summed E-state index contributed by atoms with van der Waals surface area (Å²) in [6.45, 7) is 0. The van der Waals surface area contributed by atoms with Crippen LogP contribution in [-0.4, -0.2) is 37.9 Å². The van der Waals surface area contributed by atoms with Crippen molar-refractivity contribution in [3.05, 3.63) is 78.1 Å². The number of nitrogens with one attached hydrogen (secondary N) is 1. The number of nitrogens with zero attached hydrogens (tertiary/aromatic N) is 3. The van der Waals surface area contributed by atoms with Gasteiger partial charge in [0.15, 0.2) is 4.34 Å². The minimum Gasteiger partial charge on any atom is -0.325 e. The number of anilines is 1. The number of fused-ring (bicyclic) bond motifs is 4. The fraction of sp³-hybridized carbons (Fsp3) is 0.214. The molecule has 0 radical (unpaired) electrons. The molecular formula is C28H24N4O2S3. The molecule has 37 heavy (non-hydrogen) atoms. The van der Waals surface area contributed by atoms with Crippen LogP contribution in [-0.2, 0) is 17.6 Å². The minimum absolute atomic E-state index is 0.0815. The van der Waals surface area contributed by atoms with Gasteiger partial charge in [0.1, 0.15) is 0 Å². The fourth-order valence-corrected chi connectivity index (χ4v) is 7.40. The maximum Gasteiger partial charge on any atom is 0.241 e. The molecule has 1 amide bonds. The first-order valence-electron chi connectivity index (χ1n) is 12.2. The summed E-state index contributed by atoms with van der Waals surface area (Å²) in [5, 5.41) is 4.99. The lowest BCUT2D eigenvalue weighted by molar-refractivity contribution is -0.113. The lowest BCUT2D eigenvalue weighted by Gasteiger charge is -2.14. The standard InChI is InChI=1S/C28H24N4O2S3/c33-25(16-35-26-11-5-6-14-29-26)30-18-12-13-21-24(15-18)37-28(31-21)36-17-27(34)32-22-9-3-1-7-19(22)20-8-2-4-10-23(20)32/h1,3,5-7,9,11-15H,2,4,8,10,16-17H2,(H,30,33). The van der Waals surface area contributed by atoms with Crippen LogP contribution in [0.2, 0.25) is 0 Å². The molecule has 0 spiro atoms. The quantitative estimate of drug-likeness (QED) is 0.230. The summed E-state index contributed by atoms with van der Waals surface area (Å²) in [4.78, 5) is 34.7. The van der Waals surface area contributed by atoms with Crippen molar-refractivity contribution in [3.8, 4) is 0 Å². The molecular weight excluding hydrogens is 521 g/mol. The second-order valence-electron chi connectivity index (χ2n) is 8.83. The summed E-state index contributed by atoms with van der Waals surface area (Å²) in [5.41, 5.74) is 5.15. The molecule has 0 atom stereocenters. The fourth-order valence-electron chi connectivity index (χ4n) is 4.78. The zero-order chi connectivity index (χ0) is 25.2. The topological polar surface area (TPSA) is 76.9 Å². The maximum atomic E-state index is 13.4. The second-order valence-corrected chi connectivity index (χ2v) is 12.1. The molecule has 5 aromatic rings. The Morgan fingerprint density at radius 3 is 2.73 bits per heavy atom. The van der Waals surface area contributed by atoms with Crippen LogP contribution in [0.1, 0.15) is 28.9 Å². The predicted octanol–water partition coefficient (Wildman–Crippen LogP) is 6.69. The third kappa shape index (κ3) is 5.16. The Morgan fingerprint density at radius 2 is 1.84 bits per heavy atom. The van der Waals surface area contributed by atoms with Gasteiger partial charge in [-0.25, -0.2) is 9.97 Å². The maximum absolute atomic E-state index is 13.4. The number of hydrogen-bond donors (Lipinski definition) is 1. The van der Waals surface area contributed by atoms with E-state index in [4.69, 9.17) is 4.98 Å². The number of amides is 1. The first kappa shape index (κ1) is 24.2. The lowest BCUT2D eigenvalue weighted by Crippen LogP contribution is -2.18. The van der Waals surface area contributed by atoms with Gasteiger partial charge in [-0.1, -0.05) is 47.8 Å². The molecule has 9 heteroatoms. The Kier molecular flexibility index (Phi) is 6.99. The SMILES string of the molecule is O=C(CSc1ccccn1)Nc1ccc2nc(SCC(=O)n3c4c(c5ccccc53)CCCC4)sc2c1. The largest absolute Gasteiger partial charge is 0.325 e. The van der Waals surface area contributed by atoms with E-state index in [2.05, 4.69) is 28.5 Å². The second kappa shape index (κ2) is 10.7. The van der Waals surface area contributed by atoms with E-state index in [1.54, 1.807) is 17.5 Å². The number of carbonyl (C=O) groups excluding carboxylic acids is 2. The van der Waals surface area contributed by atoms with E-state index in [0.29, 0.717) is 11.5 Å². The van der Waals surface area contributed by atoms with Gasteiger partial charge in [-0.2, -0.15) is 0 Å². The summed E-state index contributed by atoms with van der Waals surface area (Å²) in [7, 11) is 0. The number of aromatic nitrogens is 3. The number of rotatable bonds is 7. The monoisotopic (exact) mass is 544 g/mol. The summed E-state index contributed by atoms with van der Waals surface area (Å²) in [5.74, 6) is 0.641. The van der Waals surface area contributed by atoms with Gasteiger partial charge in [-0.15, -0.1) is 11.3 Å². The Labute approximate surface area is 226 Å². The van der Waals surface area contributed by atoms with E-state index in [0.717, 1.165) is 50.0 Å². The number of thiazole rings is 1. The van der Waals surface area contributed by atoms with Gasteiger partial charge in [0.05, 0.1) is 32.3 Å². The molecule has 0 fully saturated rings. The van der Waals surface area contributed by atoms with Gasteiger partial charge < -0.3 is 5.32 Å². The van der Waals surface area contributed by atoms with E-state index in [1.165, 1.54) is 46.6 Å². The van der Waals surface area contributed by atoms with E-state index in [-0.39, 0.29) is 11.8 Å². The molecule has 0 saturated heterocycles. The molecule has 186 valence electrons. The molecule has 0 saturated carbocycles. The molecule has 3 aromatic heterocycles. The van der Waals surface area contributed by atoms with E-state index < -0.39 is 0 Å². The van der Waals surface area contributed by atoms with E-state index in [1.807, 2.05) is 47.0 Å². The number of carbonyl (C=O) groups is 2. The molecule has 1 aliphatic carbocycles. The highest BCUT2D eigenvalue weighted by molar-refractivity contribution is 8.01. The molecule has 6 rings (SSSR count). The zero-order valence-electron chi connectivity index (χ0n) is 20.0. The predicted molar refractivity (Wildman–Crippen MR) is 153 cm³/mol. The van der Waals surface area contributed by atoms with Crippen LogP contribution in [0.15, 0.2) is 76.2 Å². The van der Waals surface area contributed by atoms with Crippen LogP contribution >= 0.6 is 34.9 Å². The molecule has 0 unspecified atom stereocenters. The van der Waals surface area contributed by atoms with Crippen LogP contribution in [0.5, 0.6) is 0 Å². The van der Waals surface area contributed by atoms with Crippen molar-refractivity contribution in [2.45, 2.75) is 35.0 Å². The smallest absolute Gasteiger partial charge is 0.241 e. The molecule has 0 bridgehead atoms. The highest BCUT2D eigenvalue weighted by Gasteiger charge is 2.23. The summed E-state index contributed by atoms with van der Waals surface area (Å²) < 4.78 is 3.78. The van der Waals surface area contributed by atoms with Crippen molar-refractivity contribution in [1.29, 1.82) is 0 Å². The summed E-state index contributed by atoms with van der Waals surface area (Å²) in [6.07, 6.45) is 6.03. The number of pyridine rings is 1. The average Bonchev–Trinajstić information content (AvgIpc) is 3.49. The number of thioether (sulfide) groups is 2. The van der Waals surface area contributed by atoms with E-state index >= 15 is 0 Å². The van der Waals surface area contributed by atoms with Crippen molar-refractivity contribution in [2.24, 2.45) is 0 Å². The van der Waals surface area contributed by atoms with Gasteiger partial charge in [0, 0.05) is 23.0 Å². The van der Waals surface area contributed by atoms with Gasteiger partial charge in [0.25, 0.3) is 0 Å². The normalized spacial score (nSPS) is 13.1. The van der Waals surface area contributed by atoms with Crippen molar-refractivity contribution in [3.63, 3.8) is 0 Å². The zero-order valence-corrected chi connectivity index (χ0v) is 22.4. The number of hydrogen-bond acceptors (Lipinski definition) is 7. The lowest BCUT2D eigenvalue weighted by atomic mass is 9.96. The Balaban J connectivity index is 1.13. The van der Waals surface area contributed by atoms with E-state index in [9.17, 15) is 9.59 Å². The van der Waals surface area contributed by atoms with Gasteiger partial charge in [-0.05, 0) is 67.6 Å². The molecule has 1 aliphatic rings. The number of aryl methyl sites for hydroxylation is 1. The van der Waals surface area contributed by atoms with Crippen LogP contribution < -0.4 is 5.32 Å². The first-order valence-corrected chi connectivity index (χ1v) is 15.0. The Hall–Kier alpha value is -3.14. The molecule has 0 aliphatic heterocycles. The van der Waals surface area contributed by atoms with Crippen molar-refractivity contribution < 1.29 is 9.59 Å². The first-order chi connectivity index (χ1) is 18.2. The minimum atomic E-state index is -0.0815. The molecule has 6 nitrogen and oxygen atoms in total. The van der Waals surface area contributed by atoms with Crippen LogP contribution in [0.4, 0.5) is 5.69 Å². The number of benzene rings is 2. The summed E-state index contributed by atoms with van der Waals surface area (Å²) >= 11 is 4.42. The molecule has 3 heterocycles. The number of para-hydroxylation sites is 1. The van der Waals surface area contributed by atoms with Crippen LogP contribution in [0, 0.1) is 0 Å². The van der Waals surface area contributed by atoms with Gasteiger partial charge >= 0.3 is 0 Å². The van der Waals surface area contributed by atoms with Crippen molar-refractivity contribution in [1.82, 2.24) is 14.5 Å². The molecule has 2 aromatic carbocycles. The average molecular weight is 545 g/mol. The highest BCUT2D eigenvalue weighted by Crippen LogP contribution is 2.34. The molecule has 1 N–H and O–H groups in total. The summed E-state index contributed by atoms with van der Waals surface area (Å²) in [6, 6.07) is 19.6. The van der Waals surface area contributed by atoms with Crippen molar-refractivity contribution in [2.75, 3.05) is 16.8 Å². The Bertz CT molecular complexity index is 1610. The van der Waals surface area contributed by atoms with Gasteiger partial charge in [0.2, 0.25) is 11.8 Å². The van der Waals surface area contributed by atoms with Crippen LogP contribution in [0.3, 0.4) is 0 Å². The Morgan fingerprint density at radius 1 is 0.973 bits per heavy atom. The van der Waals surface area contributed by atoms with Crippen LogP contribution in [0.25, 0.3) is 21.1 Å². The third-order valence-electron chi connectivity index (χ3n) is 6.39. The third-order valence-corrected chi connectivity index (χ3v) is 9.48. The highest BCUT2D eigenvalue weighted by atomic mass is 32.2.